The van der Waals surface area contributed by atoms with Gasteiger partial charge in [0, 0.05) is 23.5 Å². The van der Waals surface area contributed by atoms with Crippen molar-refractivity contribution in [3.05, 3.63) is 100 Å². The highest BCUT2D eigenvalue weighted by Crippen LogP contribution is 2.22. The van der Waals surface area contributed by atoms with Crippen LogP contribution in [0, 0.1) is 0 Å². The Balaban J connectivity index is 2.04. The first-order chi connectivity index (χ1) is 19.0. The van der Waals surface area contributed by atoms with Crippen molar-refractivity contribution >= 4 is 43.5 Å². The van der Waals surface area contributed by atoms with Crippen molar-refractivity contribution in [1.29, 1.82) is 0 Å². The van der Waals surface area contributed by atoms with Crippen molar-refractivity contribution in [1.82, 2.24) is 10.2 Å². The van der Waals surface area contributed by atoms with Gasteiger partial charge in [-0.05, 0) is 60.7 Å². The molecule has 0 aliphatic carbocycles. The number of amides is 2. The van der Waals surface area contributed by atoms with Gasteiger partial charge in [-0.15, -0.1) is 0 Å². The summed E-state index contributed by atoms with van der Waals surface area (Å²) in [6.45, 7) is 5.64. The van der Waals surface area contributed by atoms with Crippen molar-refractivity contribution in [2.45, 2.75) is 58.7 Å². The van der Waals surface area contributed by atoms with E-state index in [9.17, 15) is 18.0 Å². The van der Waals surface area contributed by atoms with Crippen molar-refractivity contribution in [3.63, 3.8) is 0 Å². The maximum absolute atomic E-state index is 14.1. The average Bonchev–Trinajstić information content (AvgIpc) is 2.94. The molecule has 2 amide bonds. The van der Waals surface area contributed by atoms with Crippen LogP contribution in [0.3, 0.4) is 0 Å². The van der Waals surface area contributed by atoms with Crippen LogP contribution in [0.4, 0.5) is 5.69 Å². The van der Waals surface area contributed by atoms with E-state index in [1.165, 1.54) is 4.90 Å². The van der Waals surface area contributed by atoms with Gasteiger partial charge < -0.3 is 10.2 Å². The van der Waals surface area contributed by atoms with Crippen LogP contribution in [0.15, 0.2) is 83.3 Å². The summed E-state index contributed by atoms with van der Waals surface area (Å²) >= 11 is 3.44. The Hall–Kier alpha value is -3.17. The summed E-state index contributed by atoms with van der Waals surface area (Å²) in [5, 5.41) is 3.04. The standard InChI is InChI=1S/C31H38BrN3O4S/c1-5-23(3)33-31(37)29(20-25-10-8-7-9-11-25)34(21-26-12-16-27(32)17-13-26)30(36)22-35(40(4,38)39)28-18-14-24(6-2)15-19-28/h7-19,23,29H,5-6,20-22H2,1-4H3,(H,33,37). The van der Waals surface area contributed by atoms with E-state index in [2.05, 4.69) is 21.2 Å². The number of hydrogen-bond acceptors (Lipinski definition) is 4. The molecule has 0 spiro atoms. The average molecular weight is 629 g/mol. The molecule has 9 heteroatoms. The summed E-state index contributed by atoms with van der Waals surface area (Å²) in [7, 11) is -3.79. The molecule has 0 bridgehead atoms. The van der Waals surface area contributed by atoms with Gasteiger partial charge in [0.2, 0.25) is 21.8 Å². The lowest BCUT2D eigenvalue weighted by Crippen LogP contribution is -2.54. The second-order valence-corrected chi connectivity index (χ2v) is 12.8. The molecule has 2 atom stereocenters. The third-order valence-electron chi connectivity index (χ3n) is 6.85. The van der Waals surface area contributed by atoms with Crippen LogP contribution in [-0.2, 0) is 39.0 Å². The minimum absolute atomic E-state index is 0.0833. The van der Waals surface area contributed by atoms with E-state index in [4.69, 9.17) is 0 Å². The highest BCUT2D eigenvalue weighted by molar-refractivity contribution is 9.10. The zero-order chi connectivity index (χ0) is 29.3. The lowest BCUT2D eigenvalue weighted by atomic mass is 10.0. The molecule has 3 aromatic rings. The monoisotopic (exact) mass is 627 g/mol. The molecule has 0 aliphatic heterocycles. The van der Waals surface area contributed by atoms with Crippen LogP contribution in [0.1, 0.15) is 43.9 Å². The summed E-state index contributed by atoms with van der Waals surface area (Å²) in [4.78, 5) is 29.3. The Morgan fingerprint density at radius 2 is 1.48 bits per heavy atom. The zero-order valence-corrected chi connectivity index (χ0v) is 25.9. The van der Waals surface area contributed by atoms with Gasteiger partial charge in [-0.3, -0.25) is 13.9 Å². The third kappa shape index (κ3) is 8.93. The van der Waals surface area contributed by atoms with Gasteiger partial charge in [-0.25, -0.2) is 8.42 Å². The predicted molar refractivity (Wildman–Crippen MR) is 165 cm³/mol. The maximum Gasteiger partial charge on any atom is 0.244 e. The lowest BCUT2D eigenvalue weighted by Gasteiger charge is -2.34. The number of halogens is 1. The second-order valence-electron chi connectivity index (χ2n) is 9.96. The van der Waals surface area contributed by atoms with E-state index in [-0.39, 0.29) is 24.9 Å². The number of sulfonamides is 1. The molecule has 0 radical (unpaired) electrons. The van der Waals surface area contributed by atoms with Crippen LogP contribution in [0.5, 0.6) is 0 Å². The van der Waals surface area contributed by atoms with Crippen LogP contribution in [-0.4, -0.2) is 50.0 Å². The normalized spacial score (nSPS) is 12.8. The molecule has 0 heterocycles. The van der Waals surface area contributed by atoms with Crippen LogP contribution < -0.4 is 9.62 Å². The molecule has 0 fully saturated rings. The summed E-state index contributed by atoms with van der Waals surface area (Å²) in [5.41, 5.74) is 3.19. The van der Waals surface area contributed by atoms with Gasteiger partial charge in [0.1, 0.15) is 12.6 Å². The Labute approximate surface area is 246 Å². The number of nitrogens with one attached hydrogen (secondary N) is 1. The molecular weight excluding hydrogens is 590 g/mol. The fourth-order valence-electron chi connectivity index (χ4n) is 4.29. The summed E-state index contributed by atoms with van der Waals surface area (Å²) in [5.74, 6) is -0.741. The number of rotatable bonds is 13. The van der Waals surface area contributed by atoms with Crippen molar-refractivity contribution < 1.29 is 18.0 Å². The number of benzene rings is 3. The van der Waals surface area contributed by atoms with Crippen molar-refractivity contribution in [2.24, 2.45) is 0 Å². The molecule has 1 N–H and O–H groups in total. The first-order valence-electron chi connectivity index (χ1n) is 13.5. The third-order valence-corrected chi connectivity index (χ3v) is 8.52. The molecule has 3 rings (SSSR count). The predicted octanol–water partition coefficient (Wildman–Crippen LogP) is 5.33. The van der Waals surface area contributed by atoms with Gasteiger partial charge in [0.05, 0.1) is 11.9 Å². The Kier molecular flexibility index (Phi) is 11.3. The molecular formula is C31H38BrN3O4S. The van der Waals surface area contributed by atoms with Gasteiger partial charge in [-0.1, -0.05) is 84.4 Å². The fourth-order valence-corrected chi connectivity index (χ4v) is 5.41. The number of aryl methyl sites for hydroxylation is 1. The van der Waals surface area contributed by atoms with E-state index in [1.54, 1.807) is 12.1 Å². The number of carbonyl (C=O) groups is 2. The highest BCUT2D eigenvalue weighted by atomic mass is 79.9. The molecule has 3 aromatic carbocycles. The number of anilines is 1. The minimum Gasteiger partial charge on any atom is -0.352 e. The molecule has 7 nitrogen and oxygen atoms in total. The molecule has 0 aromatic heterocycles. The number of carbonyl (C=O) groups excluding carboxylic acids is 2. The molecule has 2 unspecified atom stereocenters. The topological polar surface area (TPSA) is 86.8 Å². The Morgan fingerprint density at radius 1 is 0.875 bits per heavy atom. The van der Waals surface area contributed by atoms with Gasteiger partial charge in [0.25, 0.3) is 0 Å². The summed E-state index contributed by atoms with van der Waals surface area (Å²) < 4.78 is 27.8. The zero-order valence-electron chi connectivity index (χ0n) is 23.5. The number of hydrogen-bond donors (Lipinski definition) is 1. The molecule has 0 saturated heterocycles. The van der Waals surface area contributed by atoms with Gasteiger partial charge in [0.15, 0.2) is 0 Å². The molecule has 40 heavy (non-hydrogen) atoms. The van der Waals surface area contributed by atoms with E-state index >= 15 is 0 Å². The van der Waals surface area contributed by atoms with Crippen LogP contribution in [0.25, 0.3) is 0 Å². The molecule has 0 saturated carbocycles. The highest BCUT2D eigenvalue weighted by Gasteiger charge is 2.33. The molecule has 0 aliphatic rings. The molecule has 214 valence electrons. The summed E-state index contributed by atoms with van der Waals surface area (Å²) in [6.07, 6.45) is 2.92. The SMILES string of the molecule is CCc1ccc(N(CC(=O)N(Cc2ccc(Br)cc2)C(Cc2ccccc2)C(=O)NC(C)CC)S(C)(=O)=O)cc1. The first kappa shape index (κ1) is 31.4. The quantitative estimate of drug-likeness (QED) is 0.277. The number of nitrogens with zero attached hydrogens (tertiary/aromatic N) is 2. The van der Waals surface area contributed by atoms with Crippen molar-refractivity contribution in [2.75, 3.05) is 17.1 Å². The van der Waals surface area contributed by atoms with E-state index in [0.29, 0.717) is 5.69 Å². The van der Waals surface area contributed by atoms with Gasteiger partial charge >= 0.3 is 0 Å². The van der Waals surface area contributed by atoms with E-state index < -0.39 is 28.5 Å². The Morgan fingerprint density at radius 3 is 2.02 bits per heavy atom. The maximum atomic E-state index is 14.1. The van der Waals surface area contributed by atoms with Gasteiger partial charge in [-0.2, -0.15) is 0 Å². The second kappa shape index (κ2) is 14.5. The fraction of sp³-hybridized carbons (Fsp3) is 0.355. The van der Waals surface area contributed by atoms with E-state index in [0.717, 1.165) is 44.6 Å². The Bertz CT molecular complexity index is 1360. The van der Waals surface area contributed by atoms with Crippen molar-refractivity contribution in [3.8, 4) is 0 Å². The van der Waals surface area contributed by atoms with Crippen LogP contribution >= 0.6 is 15.9 Å². The minimum atomic E-state index is -3.79. The smallest absolute Gasteiger partial charge is 0.244 e. The van der Waals surface area contributed by atoms with Crippen LogP contribution in [0.2, 0.25) is 0 Å². The lowest BCUT2D eigenvalue weighted by molar-refractivity contribution is -0.140. The van der Waals surface area contributed by atoms with E-state index in [1.807, 2.05) is 87.5 Å². The first-order valence-corrected chi connectivity index (χ1v) is 16.1. The summed E-state index contributed by atoms with van der Waals surface area (Å²) in [6, 6.07) is 23.3. The largest absolute Gasteiger partial charge is 0.352 e.